The van der Waals surface area contributed by atoms with E-state index in [2.05, 4.69) is 43.5 Å². The van der Waals surface area contributed by atoms with Crippen molar-refractivity contribution < 1.29 is 23.7 Å². The molecule has 1 aromatic heterocycles. The highest BCUT2D eigenvalue weighted by molar-refractivity contribution is 14.1. The van der Waals surface area contributed by atoms with Crippen LogP contribution in [0.3, 0.4) is 0 Å². The van der Waals surface area contributed by atoms with Crippen LogP contribution in [0.25, 0.3) is 6.08 Å². The van der Waals surface area contributed by atoms with Gasteiger partial charge in [0.05, 0.1) is 50.7 Å². The molecule has 1 aliphatic heterocycles. The van der Waals surface area contributed by atoms with Crippen LogP contribution >= 0.6 is 61.5 Å². The zero-order valence-electron chi connectivity index (χ0n) is 24.2. The van der Waals surface area contributed by atoms with Gasteiger partial charge >= 0.3 is 5.97 Å². The summed E-state index contributed by atoms with van der Waals surface area (Å²) < 4.78 is 26.0. The average Bonchev–Trinajstić information content (AvgIpc) is 3.30. The molecule has 0 aliphatic carbocycles. The molecule has 0 radical (unpaired) electrons. The van der Waals surface area contributed by atoms with Gasteiger partial charge in [-0.15, -0.1) is 0 Å². The third kappa shape index (κ3) is 6.46. The molecule has 3 aromatic carbocycles. The Bertz CT molecular complexity index is 1970. The lowest BCUT2D eigenvalue weighted by Gasteiger charge is -2.25. The summed E-state index contributed by atoms with van der Waals surface area (Å²) in [6.07, 6.45) is 1.79. The van der Waals surface area contributed by atoms with E-state index < -0.39 is 12.0 Å². The molecule has 1 atom stereocenters. The first-order valence-corrected chi connectivity index (χ1v) is 16.5. The maximum Gasteiger partial charge on any atom is 0.338 e. The number of aromatic nitrogens is 1. The smallest absolute Gasteiger partial charge is 0.338 e. The number of carbonyl (C=O) groups excluding carboxylic acids is 1. The molecule has 0 bridgehead atoms. The van der Waals surface area contributed by atoms with E-state index >= 15 is 0 Å². The second-order valence-corrected chi connectivity index (χ2v) is 13.0. The van der Waals surface area contributed by atoms with Crippen molar-refractivity contribution in [2.45, 2.75) is 26.5 Å². The van der Waals surface area contributed by atoms with E-state index in [9.17, 15) is 9.59 Å². The summed E-state index contributed by atoms with van der Waals surface area (Å²) in [7, 11) is 3.14. The normalized spacial score (nSPS) is 14.6. The lowest BCUT2D eigenvalue weighted by Crippen LogP contribution is -2.40. The molecule has 1 aliphatic rings. The highest BCUT2D eigenvalue weighted by atomic mass is 127. The lowest BCUT2D eigenvalue weighted by molar-refractivity contribution is -0.139. The van der Waals surface area contributed by atoms with Crippen LogP contribution in [0.2, 0.25) is 5.02 Å². The quantitative estimate of drug-likeness (QED) is 0.144. The maximum atomic E-state index is 14.0. The number of ether oxygens (including phenoxy) is 4. The van der Waals surface area contributed by atoms with Gasteiger partial charge in [0, 0.05) is 10.6 Å². The second kappa shape index (κ2) is 13.9. The number of halogens is 3. The topological polar surface area (TPSA) is 88.4 Å². The fraction of sp³-hybridized carbons (Fsp3) is 0.219. The number of hydrogen-bond acceptors (Lipinski definition) is 8. The van der Waals surface area contributed by atoms with Crippen molar-refractivity contribution in [3.8, 4) is 17.2 Å². The molecular weight excluding hydrogens is 783 g/mol. The summed E-state index contributed by atoms with van der Waals surface area (Å²) >= 11 is 13.3. The van der Waals surface area contributed by atoms with Crippen LogP contribution in [0, 0.1) is 3.57 Å². The Morgan fingerprint density at radius 3 is 2.57 bits per heavy atom. The molecule has 44 heavy (non-hydrogen) atoms. The lowest BCUT2D eigenvalue weighted by atomic mass is 9.96. The van der Waals surface area contributed by atoms with Crippen molar-refractivity contribution in [3.05, 3.63) is 115 Å². The Morgan fingerprint density at radius 1 is 1.14 bits per heavy atom. The number of carbonyl (C=O) groups is 1. The summed E-state index contributed by atoms with van der Waals surface area (Å²) in [5.41, 5.74) is 2.82. The van der Waals surface area contributed by atoms with Crippen molar-refractivity contribution in [1.29, 1.82) is 0 Å². The minimum Gasteiger partial charge on any atom is -0.496 e. The van der Waals surface area contributed by atoms with E-state index in [1.165, 1.54) is 11.3 Å². The summed E-state index contributed by atoms with van der Waals surface area (Å²) in [5, 5.41) is 0.620. The van der Waals surface area contributed by atoms with E-state index in [-0.39, 0.29) is 18.8 Å². The van der Waals surface area contributed by atoms with Crippen molar-refractivity contribution in [3.63, 3.8) is 0 Å². The third-order valence-corrected chi connectivity index (χ3v) is 9.66. The number of rotatable bonds is 9. The number of nitrogens with zero attached hydrogens (tertiary/aromatic N) is 2. The third-order valence-electron chi connectivity index (χ3n) is 6.89. The monoisotopic (exact) mass is 808 g/mol. The van der Waals surface area contributed by atoms with Gasteiger partial charge in [0.1, 0.15) is 12.4 Å². The van der Waals surface area contributed by atoms with Crippen molar-refractivity contribution in [2.24, 2.45) is 4.99 Å². The van der Waals surface area contributed by atoms with Gasteiger partial charge in [-0.05, 0) is 99.9 Å². The molecule has 0 amide bonds. The summed E-state index contributed by atoms with van der Waals surface area (Å²) in [6, 6.07) is 15.9. The number of esters is 1. The SMILES string of the molecule is CCOC(=O)C1=C(C)N=c2s/c(=C/c3cc(I)c(OCc4ccccc4Cl)c(OC)c3)c(=O)n2[C@H]1c1ccc(OC)c(Br)c1. The molecular formula is C32H27BrClIN2O6S. The summed E-state index contributed by atoms with van der Waals surface area (Å²) in [6.45, 7) is 3.96. The zero-order chi connectivity index (χ0) is 31.5. The zero-order valence-corrected chi connectivity index (χ0v) is 29.5. The van der Waals surface area contributed by atoms with Crippen LogP contribution in [0.1, 0.15) is 36.6 Å². The Hall–Kier alpha value is -3.13. The van der Waals surface area contributed by atoms with Gasteiger partial charge in [0.2, 0.25) is 0 Å². The number of thiazole rings is 1. The molecule has 228 valence electrons. The van der Waals surface area contributed by atoms with Crippen LogP contribution in [0.4, 0.5) is 0 Å². The van der Waals surface area contributed by atoms with E-state index in [4.69, 9.17) is 30.5 Å². The van der Waals surface area contributed by atoms with Crippen LogP contribution in [0.15, 0.2) is 80.1 Å². The fourth-order valence-electron chi connectivity index (χ4n) is 4.84. The minimum absolute atomic E-state index is 0.192. The first-order chi connectivity index (χ1) is 21.2. The number of fused-ring (bicyclic) bond motifs is 1. The molecule has 0 spiro atoms. The van der Waals surface area contributed by atoms with Gasteiger partial charge < -0.3 is 18.9 Å². The Labute approximate surface area is 284 Å². The number of methoxy groups -OCH3 is 2. The molecule has 0 unspecified atom stereocenters. The van der Waals surface area contributed by atoms with Crippen molar-refractivity contribution in [2.75, 3.05) is 20.8 Å². The molecule has 5 rings (SSSR count). The van der Waals surface area contributed by atoms with Gasteiger partial charge in [0.15, 0.2) is 16.3 Å². The highest BCUT2D eigenvalue weighted by Crippen LogP contribution is 2.36. The van der Waals surface area contributed by atoms with Crippen molar-refractivity contribution >= 4 is 73.5 Å². The minimum atomic E-state index is -0.745. The van der Waals surface area contributed by atoms with Gasteiger partial charge in [-0.1, -0.05) is 47.2 Å². The average molecular weight is 810 g/mol. The molecule has 8 nitrogen and oxygen atoms in total. The molecule has 0 fully saturated rings. The summed E-state index contributed by atoms with van der Waals surface area (Å²) in [5.74, 6) is 1.20. The molecule has 2 heterocycles. The first-order valence-electron chi connectivity index (χ1n) is 13.4. The van der Waals surface area contributed by atoms with E-state index in [0.717, 1.165) is 14.7 Å². The van der Waals surface area contributed by atoms with Gasteiger partial charge in [-0.25, -0.2) is 9.79 Å². The van der Waals surface area contributed by atoms with Crippen LogP contribution in [-0.2, 0) is 16.1 Å². The van der Waals surface area contributed by atoms with E-state index in [0.29, 0.717) is 52.9 Å². The first kappa shape index (κ1) is 32.3. The van der Waals surface area contributed by atoms with Gasteiger partial charge in [0.25, 0.3) is 5.56 Å². The van der Waals surface area contributed by atoms with Crippen LogP contribution in [-0.4, -0.2) is 31.4 Å². The standard InChI is InChI=1S/C32H27BrClIN2O6S/c1-5-42-31(39)27-17(2)36-32-37(28(27)19-10-11-24(40-3)21(33)15-19)30(38)26(44-32)14-18-12-23(35)29(25(13-18)41-4)43-16-20-8-6-7-9-22(20)34/h6-15,28H,5,16H2,1-4H3/b26-14+/t28-/m0/s1. The fourth-order valence-corrected chi connectivity index (χ4v) is 7.42. The Balaban J connectivity index is 1.59. The van der Waals surface area contributed by atoms with Gasteiger partial charge in [-0.3, -0.25) is 9.36 Å². The second-order valence-electron chi connectivity index (χ2n) is 9.61. The number of hydrogen-bond donors (Lipinski definition) is 0. The molecule has 0 saturated heterocycles. The van der Waals surface area contributed by atoms with E-state index in [1.807, 2.05) is 48.5 Å². The van der Waals surface area contributed by atoms with Crippen LogP contribution in [0.5, 0.6) is 17.2 Å². The number of benzene rings is 3. The van der Waals surface area contributed by atoms with Crippen LogP contribution < -0.4 is 29.1 Å². The largest absolute Gasteiger partial charge is 0.496 e. The Kier molecular flexibility index (Phi) is 10.2. The Morgan fingerprint density at radius 2 is 1.89 bits per heavy atom. The van der Waals surface area contributed by atoms with Crippen molar-refractivity contribution in [1.82, 2.24) is 4.57 Å². The molecule has 12 heteroatoms. The summed E-state index contributed by atoms with van der Waals surface area (Å²) in [4.78, 5) is 32.4. The molecule has 0 N–H and O–H groups in total. The highest BCUT2D eigenvalue weighted by Gasteiger charge is 2.33. The predicted octanol–water partition coefficient (Wildman–Crippen LogP) is 6.42. The van der Waals surface area contributed by atoms with E-state index in [1.54, 1.807) is 44.8 Å². The number of allylic oxidation sites excluding steroid dienone is 1. The van der Waals surface area contributed by atoms with Gasteiger partial charge in [-0.2, -0.15) is 0 Å². The maximum absolute atomic E-state index is 14.0. The molecule has 0 saturated carbocycles. The molecule has 4 aromatic rings. The predicted molar refractivity (Wildman–Crippen MR) is 183 cm³/mol.